The van der Waals surface area contributed by atoms with Crippen molar-refractivity contribution in [2.75, 3.05) is 26.2 Å². The minimum atomic E-state index is 0.137. The third-order valence-electron chi connectivity index (χ3n) is 2.79. The zero-order valence-corrected chi connectivity index (χ0v) is 9.75. The number of hydrogen-bond acceptors (Lipinski definition) is 4. The van der Waals surface area contributed by atoms with Crippen molar-refractivity contribution >= 4 is 5.91 Å². The number of amides is 1. The second-order valence-electron chi connectivity index (χ2n) is 4.04. The number of piperazine rings is 1. The summed E-state index contributed by atoms with van der Waals surface area (Å²) in [5, 5.41) is 3.22. The molecule has 2 heterocycles. The Bertz CT molecular complexity index is 381. The van der Waals surface area contributed by atoms with E-state index in [1.165, 1.54) is 0 Å². The lowest BCUT2D eigenvalue weighted by molar-refractivity contribution is -0.131. The first-order chi connectivity index (χ1) is 7.66. The number of nitrogens with one attached hydrogen (secondary N) is 1. The van der Waals surface area contributed by atoms with Gasteiger partial charge in [-0.05, 0) is 6.92 Å². The van der Waals surface area contributed by atoms with Crippen LogP contribution in [0.4, 0.5) is 0 Å². The Labute approximate surface area is 94.8 Å². The van der Waals surface area contributed by atoms with Gasteiger partial charge in [-0.2, -0.15) is 0 Å². The molecule has 0 aliphatic carbocycles. The highest BCUT2D eigenvalue weighted by Crippen LogP contribution is 2.11. The number of nitrogens with zero attached hydrogens (tertiary/aromatic N) is 2. The molecule has 1 saturated heterocycles. The Morgan fingerprint density at radius 1 is 1.44 bits per heavy atom. The monoisotopic (exact) mass is 223 g/mol. The van der Waals surface area contributed by atoms with Crippen LogP contribution < -0.4 is 5.32 Å². The maximum Gasteiger partial charge on any atom is 0.228 e. The SMILES string of the molecule is Cc1nc(CC(=O)N2CCNCC2)c(C)o1. The molecule has 1 aromatic heterocycles. The van der Waals surface area contributed by atoms with Gasteiger partial charge in [-0.15, -0.1) is 0 Å². The smallest absolute Gasteiger partial charge is 0.228 e. The van der Waals surface area contributed by atoms with Gasteiger partial charge < -0.3 is 14.6 Å². The normalized spacial score (nSPS) is 16.5. The topological polar surface area (TPSA) is 58.4 Å². The van der Waals surface area contributed by atoms with Crippen LogP contribution in [0.15, 0.2) is 4.42 Å². The van der Waals surface area contributed by atoms with Gasteiger partial charge >= 0.3 is 0 Å². The Hall–Kier alpha value is -1.36. The van der Waals surface area contributed by atoms with Gasteiger partial charge in [-0.1, -0.05) is 0 Å². The summed E-state index contributed by atoms with van der Waals surface area (Å²) in [6, 6.07) is 0. The number of carbonyl (C=O) groups excluding carboxylic acids is 1. The Morgan fingerprint density at radius 2 is 2.12 bits per heavy atom. The number of oxazole rings is 1. The van der Waals surface area contributed by atoms with E-state index < -0.39 is 0 Å². The molecule has 0 saturated carbocycles. The maximum atomic E-state index is 11.9. The van der Waals surface area contributed by atoms with Crippen molar-refractivity contribution in [3.63, 3.8) is 0 Å². The first kappa shape index (κ1) is 11.1. The first-order valence-corrected chi connectivity index (χ1v) is 5.58. The molecule has 0 radical (unpaired) electrons. The van der Waals surface area contributed by atoms with E-state index in [0.717, 1.165) is 37.6 Å². The predicted octanol–water partition coefficient (Wildman–Crippen LogP) is 0.266. The zero-order chi connectivity index (χ0) is 11.5. The van der Waals surface area contributed by atoms with Gasteiger partial charge in [0.2, 0.25) is 5.91 Å². The van der Waals surface area contributed by atoms with Crippen LogP contribution in [0, 0.1) is 13.8 Å². The van der Waals surface area contributed by atoms with Crippen LogP contribution in [0.3, 0.4) is 0 Å². The molecule has 1 fully saturated rings. The highest BCUT2D eigenvalue weighted by Gasteiger charge is 2.19. The largest absolute Gasteiger partial charge is 0.446 e. The average molecular weight is 223 g/mol. The average Bonchev–Trinajstić information content (AvgIpc) is 2.59. The summed E-state index contributed by atoms with van der Waals surface area (Å²) in [6.45, 7) is 6.97. The molecule has 1 N–H and O–H groups in total. The highest BCUT2D eigenvalue weighted by atomic mass is 16.4. The van der Waals surface area contributed by atoms with E-state index in [2.05, 4.69) is 10.3 Å². The molecule has 0 unspecified atom stereocenters. The van der Waals surface area contributed by atoms with E-state index in [-0.39, 0.29) is 5.91 Å². The lowest BCUT2D eigenvalue weighted by Crippen LogP contribution is -2.47. The van der Waals surface area contributed by atoms with Crippen LogP contribution in [0.5, 0.6) is 0 Å². The van der Waals surface area contributed by atoms with Crippen molar-refractivity contribution < 1.29 is 9.21 Å². The van der Waals surface area contributed by atoms with Crippen LogP contribution in [0.1, 0.15) is 17.3 Å². The van der Waals surface area contributed by atoms with Crippen molar-refractivity contribution in [1.82, 2.24) is 15.2 Å². The van der Waals surface area contributed by atoms with E-state index in [4.69, 9.17) is 4.42 Å². The molecule has 0 atom stereocenters. The van der Waals surface area contributed by atoms with Crippen LogP contribution in [-0.2, 0) is 11.2 Å². The van der Waals surface area contributed by atoms with E-state index in [9.17, 15) is 4.79 Å². The summed E-state index contributed by atoms with van der Waals surface area (Å²) in [5.74, 6) is 1.51. The third kappa shape index (κ3) is 2.41. The van der Waals surface area contributed by atoms with Crippen molar-refractivity contribution in [3.8, 4) is 0 Å². The number of aromatic nitrogens is 1. The Balaban J connectivity index is 1.98. The van der Waals surface area contributed by atoms with Gasteiger partial charge in [0, 0.05) is 33.1 Å². The molecular formula is C11H17N3O2. The van der Waals surface area contributed by atoms with Crippen molar-refractivity contribution in [2.45, 2.75) is 20.3 Å². The molecule has 0 bridgehead atoms. The molecule has 16 heavy (non-hydrogen) atoms. The van der Waals surface area contributed by atoms with Gasteiger partial charge in [-0.25, -0.2) is 4.98 Å². The van der Waals surface area contributed by atoms with E-state index in [0.29, 0.717) is 12.3 Å². The molecular weight excluding hydrogens is 206 g/mol. The number of rotatable bonds is 2. The molecule has 1 aliphatic rings. The summed E-state index contributed by atoms with van der Waals surface area (Å²) in [5.41, 5.74) is 0.765. The van der Waals surface area contributed by atoms with Crippen LogP contribution >= 0.6 is 0 Å². The van der Waals surface area contributed by atoms with Gasteiger partial charge in [-0.3, -0.25) is 4.79 Å². The molecule has 5 heteroatoms. The fourth-order valence-electron chi connectivity index (χ4n) is 1.91. The zero-order valence-electron chi connectivity index (χ0n) is 9.75. The maximum absolute atomic E-state index is 11.9. The summed E-state index contributed by atoms with van der Waals surface area (Å²) < 4.78 is 5.31. The fourth-order valence-corrected chi connectivity index (χ4v) is 1.91. The predicted molar refractivity (Wildman–Crippen MR) is 59.1 cm³/mol. The summed E-state index contributed by atoms with van der Waals surface area (Å²) in [6.07, 6.45) is 0.350. The second-order valence-corrected chi connectivity index (χ2v) is 4.04. The third-order valence-corrected chi connectivity index (χ3v) is 2.79. The van der Waals surface area contributed by atoms with Gasteiger partial charge in [0.25, 0.3) is 0 Å². The van der Waals surface area contributed by atoms with Crippen LogP contribution in [0.25, 0.3) is 0 Å². The summed E-state index contributed by atoms with van der Waals surface area (Å²) >= 11 is 0. The van der Waals surface area contributed by atoms with Crippen molar-refractivity contribution in [3.05, 3.63) is 17.3 Å². The van der Waals surface area contributed by atoms with E-state index >= 15 is 0 Å². The Kier molecular flexibility index (Phi) is 3.24. The molecule has 1 amide bonds. The molecule has 0 spiro atoms. The molecule has 2 rings (SSSR count). The number of aryl methyl sites for hydroxylation is 2. The van der Waals surface area contributed by atoms with Crippen LogP contribution in [0.2, 0.25) is 0 Å². The van der Waals surface area contributed by atoms with E-state index in [1.807, 2.05) is 11.8 Å². The molecule has 5 nitrogen and oxygen atoms in total. The summed E-state index contributed by atoms with van der Waals surface area (Å²) in [4.78, 5) is 18.0. The number of carbonyl (C=O) groups is 1. The fraction of sp³-hybridized carbons (Fsp3) is 0.636. The first-order valence-electron chi connectivity index (χ1n) is 5.58. The highest BCUT2D eigenvalue weighted by molar-refractivity contribution is 5.78. The molecule has 88 valence electrons. The lowest BCUT2D eigenvalue weighted by atomic mass is 10.2. The second kappa shape index (κ2) is 4.65. The molecule has 0 aromatic carbocycles. The van der Waals surface area contributed by atoms with Gasteiger partial charge in [0.05, 0.1) is 12.1 Å². The number of hydrogen-bond donors (Lipinski definition) is 1. The minimum Gasteiger partial charge on any atom is -0.446 e. The van der Waals surface area contributed by atoms with Gasteiger partial charge in [0.15, 0.2) is 5.89 Å². The van der Waals surface area contributed by atoms with Gasteiger partial charge in [0.1, 0.15) is 5.76 Å². The Morgan fingerprint density at radius 3 is 2.69 bits per heavy atom. The lowest BCUT2D eigenvalue weighted by Gasteiger charge is -2.27. The van der Waals surface area contributed by atoms with Crippen molar-refractivity contribution in [2.24, 2.45) is 0 Å². The van der Waals surface area contributed by atoms with Crippen LogP contribution in [-0.4, -0.2) is 42.0 Å². The molecule has 1 aliphatic heterocycles. The van der Waals surface area contributed by atoms with E-state index in [1.54, 1.807) is 6.92 Å². The quantitative estimate of drug-likeness (QED) is 0.781. The standard InChI is InChI=1S/C11H17N3O2/c1-8-10(13-9(2)16-8)7-11(15)14-5-3-12-4-6-14/h12H,3-7H2,1-2H3. The molecule has 1 aromatic rings. The summed E-state index contributed by atoms with van der Waals surface area (Å²) in [7, 11) is 0. The van der Waals surface area contributed by atoms with Crippen molar-refractivity contribution in [1.29, 1.82) is 0 Å². The minimum absolute atomic E-state index is 0.137.